The predicted octanol–water partition coefficient (Wildman–Crippen LogP) is 1.45. The van der Waals surface area contributed by atoms with E-state index in [0.717, 1.165) is 22.3 Å². The number of methoxy groups -OCH3 is 1. The van der Waals surface area contributed by atoms with E-state index in [4.69, 9.17) is 10.5 Å². The molecule has 14 heavy (non-hydrogen) atoms. The lowest BCUT2D eigenvalue weighted by Crippen LogP contribution is -1.96. The number of fused-ring (bicyclic) bond motifs is 1. The molecule has 0 saturated carbocycles. The summed E-state index contributed by atoms with van der Waals surface area (Å²) in [4.78, 5) is 0. The highest BCUT2D eigenvalue weighted by atomic mass is 35.5. The topological polar surface area (TPSA) is 63.9 Å². The van der Waals surface area contributed by atoms with E-state index in [2.05, 4.69) is 10.2 Å². The molecule has 2 rings (SSSR count). The van der Waals surface area contributed by atoms with Crippen LogP contribution in [0.25, 0.3) is 10.9 Å². The number of nitrogens with one attached hydrogen (secondary N) is 1. The van der Waals surface area contributed by atoms with Gasteiger partial charge in [0.1, 0.15) is 5.75 Å². The number of benzene rings is 1. The second kappa shape index (κ2) is 4.30. The normalized spacial score (nSPS) is 9.86. The lowest BCUT2D eigenvalue weighted by atomic mass is 10.2. The lowest BCUT2D eigenvalue weighted by molar-refractivity contribution is 0.415. The van der Waals surface area contributed by atoms with Crippen LogP contribution in [-0.2, 0) is 6.54 Å². The quantitative estimate of drug-likeness (QED) is 0.794. The fourth-order valence-electron chi connectivity index (χ4n) is 1.32. The van der Waals surface area contributed by atoms with Crippen molar-refractivity contribution in [3.63, 3.8) is 0 Å². The average molecular weight is 214 g/mol. The first-order valence-corrected chi connectivity index (χ1v) is 4.06. The first-order valence-electron chi connectivity index (χ1n) is 4.06. The molecule has 0 aliphatic heterocycles. The van der Waals surface area contributed by atoms with E-state index >= 15 is 0 Å². The van der Waals surface area contributed by atoms with E-state index < -0.39 is 0 Å². The van der Waals surface area contributed by atoms with Gasteiger partial charge in [0.2, 0.25) is 0 Å². The number of rotatable bonds is 2. The Morgan fingerprint density at radius 2 is 2.29 bits per heavy atom. The highest BCUT2D eigenvalue weighted by Gasteiger charge is 2.03. The van der Waals surface area contributed by atoms with Gasteiger partial charge < -0.3 is 10.5 Å². The third-order valence-corrected chi connectivity index (χ3v) is 2.04. The minimum atomic E-state index is 0. The number of H-pyrrole nitrogens is 1. The number of ether oxygens (including phenoxy) is 1. The van der Waals surface area contributed by atoms with Crippen LogP contribution in [0.1, 0.15) is 5.69 Å². The molecule has 3 N–H and O–H groups in total. The summed E-state index contributed by atoms with van der Waals surface area (Å²) in [5, 5.41) is 8.02. The zero-order valence-electron chi connectivity index (χ0n) is 7.78. The number of hydrogen-bond acceptors (Lipinski definition) is 3. The van der Waals surface area contributed by atoms with Crippen LogP contribution in [0.5, 0.6) is 5.75 Å². The Morgan fingerprint density at radius 3 is 2.93 bits per heavy atom. The highest BCUT2D eigenvalue weighted by Crippen LogP contribution is 2.21. The van der Waals surface area contributed by atoms with Crippen LogP contribution in [0.3, 0.4) is 0 Å². The number of nitrogens with zero attached hydrogens (tertiary/aromatic N) is 1. The summed E-state index contributed by atoms with van der Waals surface area (Å²) in [6.07, 6.45) is 0. The Labute approximate surface area is 87.8 Å². The van der Waals surface area contributed by atoms with Gasteiger partial charge in [-0.3, -0.25) is 5.10 Å². The summed E-state index contributed by atoms with van der Waals surface area (Å²) >= 11 is 0. The smallest absolute Gasteiger partial charge is 0.119 e. The molecule has 1 heterocycles. The van der Waals surface area contributed by atoms with Gasteiger partial charge in [0.15, 0.2) is 0 Å². The van der Waals surface area contributed by atoms with Crippen LogP contribution in [0, 0.1) is 0 Å². The Balaban J connectivity index is 0.000000980. The van der Waals surface area contributed by atoms with Gasteiger partial charge in [0.25, 0.3) is 0 Å². The molecule has 2 aromatic rings. The zero-order chi connectivity index (χ0) is 9.26. The maximum atomic E-state index is 5.54. The number of aromatic nitrogens is 2. The van der Waals surface area contributed by atoms with Crippen LogP contribution < -0.4 is 10.5 Å². The second-order valence-corrected chi connectivity index (χ2v) is 2.79. The van der Waals surface area contributed by atoms with E-state index in [1.165, 1.54) is 0 Å². The molecule has 1 aromatic carbocycles. The van der Waals surface area contributed by atoms with Crippen LogP contribution in [0.15, 0.2) is 18.2 Å². The first kappa shape index (κ1) is 10.8. The summed E-state index contributed by atoms with van der Waals surface area (Å²) in [5.74, 6) is 0.823. The minimum Gasteiger partial charge on any atom is -0.497 e. The summed E-state index contributed by atoms with van der Waals surface area (Å²) < 4.78 is 5.11. The number of hydrogen-bond donors (Lipinski definition) is 2. The number of halogens is 1. The van der Waals surface area contributed by atoms with Gasteiger partial charge in [-0.05, 0) is 18.2 Å². The maximum Gasteiger partial charge on any atom is 0.119 e. The molecule has 0 fully saturated rings. The summed E-state index contributed by atoms with van der Waals surface area (Å²) in [6.45, 7) is 0.462. The molecule has 0 radical (unpaired) electrons. The van der Waals surface area contributed by atoms with Crippen molar-refractivity contribution >= 4 is 23.3 Å². The fourth-order valence-corrected chi connectivity index (χ4v) is 1.32. The predicted molar refractivity (Wildman–Crippen MR) is 57.8 cm³/mol. The van der Waals surface area contributed by atoms with Crippen molar-refractivity contribution in [3.05, 3.63) is 23.9 Å². The van der Waals surface area contributed by atoms with Crippen LogP contribution in [0.4, 0.5) is 0 Å². The van der Waals surface area contributed by atoms with E-state index in [0.29, 0.717) is 6.54 Å². The Kier molecular flexibility index (Phi) is 3.33. The molecule has 0 amide bonds. The largest absolute Gasteiger partial charge is 0.497 e. The van der Waals surface area contributed by atoms with Crippen molar-refractivity contribution in [2.75, 3.05) is 7.11 Å². The molecule has 0 unspecified atom stereocenters. The van der Waals surface area contributed by atoms with E-state index in [1.54, 1.807) is 7.11 Å². The zero-order valence-corrected chi connectivity index (χ0v) is 8.60. The van der Waals surface area contributed by atoms with Crippen LogP contribution >= 0.6 is 12.4 Å². The van der Waals surface area contributed by atoms with Gasteiger partial charge in [-0.15, -0.1) is 12.4 Å². The van der Waals surface area contributed by atoms with E-state index in [1.807, 2.05) is 18.2 Å². The SMILES string of the molecule is COc1ccc2n[nH]c(CN)c2c1.Cl. The van der Waals surface area contributed by atoms with Crippen molar-refractivity contribution in [2.24, 2.45) is 5.73 Å². The Hall–Kier alpha value is -1.26. The second-order valence-electron chi connectivity index (χ2n) is 2.79. The van der Waals surface area contributed by atoms with Crippen molar-refractivity contribution < 1.29 is 4.74 Å². The molecule has 1 aromatic heterocycles. The monoisotopic (exact) mass is 213 g/mol. The van der Waals surface area contributed by atoms with Gasteiger partial charge >= 0.3 is 0 Å². The van der Waals surface area contributed by atoms with E-state index in [-0.39, 0.29) is 12.4 Å². The van der Waals surface area contributed by atoms with Gasteiger partial charge in [0.05, 0.1) is 18.3 Å². The molecule has 5 heteroatoms. The molecule has 0 saturated heterocycles. The molecular formula is C9H12ClN3O. The molecule has 4 nitrogen and oxygen atoms in total. The van der Waals surface area contributed by atoms with Crippen molar-refractivity contribution in [2.45, 2.75) is 6.54 Å². The molecule has 0 atom stereocenters. The third kappa shape index (κ3) is 1.66. The summed E-state index contributed by atoms with van der Waals surface area (Å²) in [7, 11) is 1.64. The molecular weight excluding hydrogens is 202 g/mol. The van der Waals surface area contributed by atoms with E-state index in [9.17, 15) is 0 Å². The van der Waals surface area contributed by atoms with Crippen LogP contribution in [-0.4, -0.2) is 17.3 Å². The average Bonchev–Trinajstić information content (AvgIpc) is 2.59. The first-order chi connectivity index (χ1) is 6.35. The van der Waals surface area contributed by atoms with Gasteiger partial charge in [-0.1, -0.05) is 0 Å². The van der Waals surface area contributed by atoms with Crippen molar-refractivity contribution in [1.82, 2.24) is 10.2 Å². The maximum absolute atomic E-state index is 5.54. The molecule has 0 spiro atoms. The molecule has 0 aliphatic carbocycles. The van der Waals surface area contributed by atoms with Gasteiger partial charge in [-0.2, -0.15) is 5.10 Å². The fraction of sp³-hybridized carbons (Fsp3) is 0.222. The van der Waals surface area contributed by atoms with Gasteiger partial charge in [-0.25, -0.2) is 0 Å². The number of aromatic amines is 1. The summed E-state index contributed by atoms with van der Waals surface area (Å²) in [6, 6.07) is 5.72. The Bertz CT molecular complexity index is 427. The standard InChI is InChI=1S/C9H11N3O.ClH/c1-13-6-2-3-8-7(4-6)9(5-10)12-11-8;/h2-4H,5,10H2,1H3,(H,11,12);1H. The van der Waals surface area contributed by atoms with Crippen LogP contribution in [0.2, 0.25) is 0 Å². The summed E-state index contributed by atoms with van der Waals surface area (Å²) in [5.41, 5.74) is 7.40. The van der Waals surface area contributed by atoms with Crippen molar-refractivity contribution in [1.29, 1.82) is 0 Å². The molecule has 76 valence electrons. The highest BCUT2D eigenvalue weighted by molar-refractivity contribution is 5.85. The number of nitrogens with two attached hydrogens (primary N) is 1. The van der Waals surface area contributed by atoms with Gasteiger partial charge in [0, 0.05) is 11.9 Å². The molecule has 0 aliphatic rings. The Morgan fingerprint density at radius 1 is 1.50 bits per heavy atom. The third-order valence-electron chi connectivity index (χ3n) is 2.04. The lowest BCUT2D eigenvalue weighted by Gasteiger charge is -1.98. The molecule has 0 bridgehead atoms. The van der Waals surface area contributed by atoms with Crippen molar-refractivity contribution in [3.8, 4) is 5.75 Å². The minimum absolute atomic E-state index is 0.